The minimum absolute atomic E-state index is 0.0475. The summed E-state index contributed by atoms with van der Waals surface area (Å²) in [7, 11) is 0. The Morgan fingerprint density at radius 2 is 2.00 bits per heavy atom. The minimum atomic E-state index is -1.000. The highest BCUT2D eigenvalue weighted by molar-refractivity contribution is 5.82. The average Bonchev–Trinajstić information content (AvgIpc) is 2.21. The smallest absolute Gasteiger partial charge is 0.323 e. The van der Waals surface area contributed by atoms with Gasteiger partial charge in [-0.05, 0) is 20.3 Å². The van der Waals surface area contributed by atoms with Crippen LogP contribution in [0, 0.1) is 0 Å². The van der Waals surface area contributed by atoms with E-state index in [-0.39, 0.29) is 25.1 Å². The lowest BCUT2D eigenvalue weighted by Gasteiger charge is -2.26. The number of carboxylic acids is 1. The van der Waals surface area contributed by atoms with Crippen LogP contribution in [-0.4, -0.2) is 47.7 Å². The summed E-state index contributed by atoms with van der Waals surface area (Å²) in [6, 6.07) is -0.0749. The number of carbonyl (C=O) groups excluding carboxylic acids is 1. The zero-order valence-electron chi connectivity index (χ0n) is 9.52. The van der Waals surface area contributed by atoms with Crippen molar-refractivity contribution in [2.75, 3.05) is 19.8 Å². The molecule has 0 aliphatic carbocycles. The minimum Gasteiger partial charge on any atom is -0.480 e. The lowest BCUT2D eigenvalue weighted by atomic mass is 10.2. The molecule has 0 fully saturated rings. The van der Waals surface area contributed by atoms with Crippen molar-refractivity contribution in [3.8, 4) is 0 Å². The number of amides is 1. The molecule has 0 aromatic rings. The van der Waals surface area contributed by atoms with Gasteiger partial charge in [-0.3, -0.25) is 9.59 Å². The Morgan fingerprint density at radius 3 is 2.40 bits per heavy atom. The summed E-state index contributed by atoms with van der Waals surface area (Å²) in [6.45, 7) is 5.67. The Bertz CT molecular complexity index is 217. The lowest BCUT2D eigenvalue weighted by molar-refractivity contribution is -0.148. The van der Waals surface area contributed by atoms with E-state index in [2.05, 4.69) is 0 Å². The van der Waals surface area contributed by atoms with E-state index in [0.29, 0.717) is 6.61 Å². The summed E-state index contributed by atoms with van der Waals surface area (Å²) in [5.74, 6) is -1.27. The molecule has 0 saturated carbocycles. The predicted octanol–water partition coefficient (Wildman–Crippen LogP) is 0.735. The van der Waals surface area contributed by atoms with Crippen LogP contribution in [0.4, 0.5) is 0 Å². The molecule has 0 heterocycles. The molecule has 1 unspecified atom stereocenters. The van der Waals surface area contributed by atoms with Gasteiger partial charge in [-0.25, -0.2) is 0 Å². The van der Waals surface area contributed by atoms with Crippen molar-refractivity contribution in [3.05, 3.63) is 0 Å². The van der Waals surface area contributed by atoms with Crippen molar-refractivity contribution in [1.82, 2.24) is 4.90 Å². The molecule has 5 nitrogen and oxygen atoms in total. The summed E-state index contributed by atoms with van der Waals surface area (Å²) in [4.78, 5) is 23.5. The molecule has 0 spiro atoms. The van der Waals surface area contributed by atoms with Crippen LogP contribution < -0.4 is 0 Å². The molecule has 0 aromatic carbocycles. The van der Waals surface area contributed by atoms with E-state index >= 15 is 0 Å². The highest BCUT2D eigenvalue weighted by atomic mass is 16.5. The van der Waals surface area contributed by atoms with Gasteiger partial charge in [0.1, 0.15) is 13.2 Å². The van der Waals surface area contributed by atoms with E-state index in [1.165, 1.54) is 4.90 Å². The third-order valence-corrected chi connectivity index (χ3v) is 2.18. The van der Waals surface area contributed by atoms with Gasteiger partial charge in [-0.1, -0.05) is 6.92 Å². The van der Waals surface area contributed by atoms with Crippen LogP contribution in [0.2, 0.25) is 0 Å². The van der Waals surface area contributed by atoms with E-state index in [1.54, 1.807) is 6.92 Å². The topological polar surface area (TPSA) is 66.8 Å². The molecule has 0 bridgehead atoms. The fourth-order valence-corrected chi connectivity index (χ4v) is 1.13. The van der Waals surface area contributed by atoms with E-state index in [9.17, 15) is 9.59 Å². The monoisotopic (exact) mass is 217 g/mol. The van der Waals surface area contributed by atoms with Crippen molar-refractivity contribution >= 4 is 11.9 Å². The Balaban J connectivity index is 4.33. The number of carbonyl (C=O) groups is 2. The molecule has 5 heteroatoms. The number of nitrogens with zero attached hydrogens (tertiary/aromatic N) is 1. The van der Waals surface area contributed by atoms with Gasteiger partial charge in [0.05, 0.1) is 0 Å². The number of hydrogen-bond donors (Lipinski definition) is 1. The summed E-state index contributed by atoms with van der Waals surface area (Å²) in [5.41, 5.74) is 0. The van der Waals surface area contributed by atoms with Crippen LogP contribution in [0.3, 0.4) is 0 Å². The molecule has 0 aliphatic heterocycles. The third kappa shape index (κ3) is 5.37. The summed E-state index contributed by atoms with van der Waals surface area (Å²) < 4.78 is 4.97. The highest BCUT2D eigenvalue weighted by Crippen LogP contribution is 2.04. The molecular formula is C10H19NO4. The number of aliphatic carboxylic acids is 1. The summed E-state index contributed by atoms with van der Waals surface area (Å²) in [5, 5.41) is 8.67. The Labute approximate surface area is 90.0 Å². The molecule has 1 N–H and O–H groups in total. The maximum absolute atomic E-state index is 11.6. The van der Waals surface area contributed by atoms with E-state index in [0.717, 1.165) is 6.42 Å². The van der Waals surface area contributed by atoms with Crippen LogP contribution in [0.5, 0.6) is 0 Å². The van der Waals surface area contributed by atoms with Crippen LogP contribution in [0.15, 0.2) is 0 Å². The lowest BCUT2D eigenvalue weighted by Crippen LogP contribution is -2.43. The van der Waals surface area contributed by atoms with E-state index in [4.69, 9.17) is 9.84 Å². The van der Waals surface area contributed by atoms with Crippen LogP contribution in [-0.2, 0) is 14.3 Å². The fraction of sp³-hybridized carbons (Fsp3) is 0.800. The first-order valence-electron chi connectivity index (χ1n) is 5.11. The molecule has 88 valence electrons. The molecule has 1 atom stereocenters. The molecule has 0 aromatic heterocycles. The first kappa shape index (κ1) is 13.9. The van der Waals surface area contributed by atoms with Crippen molar-refractivity contribution in [2.45, 2.75) is 33.2 Å². The maximum atomic E-state index is 11.6. The van der Waals surface area contributed by atoms with Crippen molar-refractivity contribution in [2.24, 2.45) is 0 Å². The molecule has 0 radical (unpaired) electrons. The van der Waals surface area contributed by atoms with Crippen LogP contribution >= 0.6 is 0 Å². The van der Waals surface area contributed by atoms with E-state index in [1.807, 2.05) is 13.8 Å². The average molecular weight is 217 g/mol. The number of rotatable bonds is 7. The second-order valence-electron chi connectivity index (χ2n) is 3.31. The fourth-order valence-electron chi connectivity index (χ4n) is 1.13. The summed E-state index contributed by atoms with van der Waals surface area (Å²) >= 11 is 0. The molecule has 0 rings (SSSR count). The first-order chi connectivity index (χ1) is 7.02. The number of ether oxygens (including phenoxy) is 1. The zero-order chi connectivity index (χ0) is 11.8. The molecule has 0 saturated heterocycles. The second-order valence-corrected chi connectivity index (χ2v) is 3.31. The van der Waals surface area contributed by atoms with Gasteiger partial charge in [0.15, 0.2) is 0 Å². The quantitative estimate of drug-likeness (QED) is 0.682. The van der Waals surface area contributed by atoms with Crippen molar-refractivity contribution < 1.29 is 19.4 Å². The highest BCUT2D eigenvalue weighted by Gasteiger charge is 2.21. The molecule has 1 amide bonds. The molecule has 0 aliphatic rings. The van der Waals surface area contributed by atoms with E-state index < -0.39 is 5.97 Å². The third-order valence-electron chi connectivity index (χ3n) is 2.18. The predicted molar refractivity (Wildman–Crippen MR) is 55.6 cm³/mol. The Morgan fingerprint density at radius 1 is 1.40 bits per heavy atom. The maximum Gasteiger partial charge on any atom is 0.323 e. The van der Waals surface area contributed by atoms with Gasteiger partial charge in [0.25, 0.3) is 0 Å². The largest absolute Gasteiger partial charge is 0.480 e. The summed E-state index contributed by atoms with van der Waals surface area (Å²) in [6.07, 6.45) is 0.727. The van der Waals surface area contributed by atoms with Crippen LogP contribution in [0.25, 0.3) is 0 Å². The van der Waals surface area contributed by atoms with Gasteiger partial charge in [-0.15, -0.1) is 0 Å². The van der Waals surface area contributed by atoms with Gasteiger partial charge >= 0.3 is 5.97 Å². The number of carboxylic acid groups (broad SMARTS) is 1. The van der Waals surface area contributed by atoms with Crippen LogP contribution in [0.1, 0.15) is 27.2 Å². The molecule has 15 heavy (non-hydrogen) atoms. The Kier molecular flexibility index (Phi) is 6.70. The first-order valence-corrected chi connectivity index (χ1v) is 5.11. The van der Waals surface area contributed by atoms with Crippen molar-refractivity contribution in [1.29, 1.82) is 0 Å². The normalized spacial score (nSPS) is 12.2. The zero-order valence-corrected chi connectivity index (χ0v) is 9.52. The SMILES string of the molecule is CCOCC(=O)N(CC(=O)O)C(C)CC. The Hall–Kier alpha value is -1.10. The standard InChI is InChI=1S/C10H19NO4/c1-4-8(3)11(6-10(13)14)9(12)7-15-5-2/h8H,4-7H2,1-3H3,(H,13,14). The van der Waals surface area contributed by atoms with Gasteiger partial charge < -0.3 is 14.7 Å². The number of hydrogen-bond acceptors (Lipinski definition) is 3. The van der Waals surface area contributed by atoms with Gasteiger partial charge in [0.2, 0.25) is 5.91 Å². The molecular weight excluding hydrogens is 198 g/mol. The van der Waals surface area contributed by atoms with Gasteiger partial charge in [-0.2, -0.15) is 0 Å². The van der Waals surface area contributed by atoms with Crippen molar-refractivity contribution in [3.63, 3.8) is 0 Å². The second kappa shape index (κ2) is 7.23. The van der Waals surface area contributed by atoms with Gasteiger partial charge in [0, 0.05) is 12.6 Å².